The minimum absolute atomic E-state index is 0.0186. The van der Waals surface area contributed by atoms with Crippen LogP contribution in [-0.2, 0) is 21.2 Å². The molecule has 0 aliphatic carbocycles. The SMILES string of the molecule is CC(=O)c1ccc(N2CCN(S(=O)(=O)c3ccc4c5c3CC(=O)N5C[C@@H](C)S4)CC2)cc1. The first-order chi connectivity index (χ1) is 15.3. The topological polar surface area (TPSA) is 78.0 Å². The Bertz CT molecular complexity index is 1200. The first-order valence-electron chi connectivity index (χ1n) is 10.7. The molecule has 5 rings (SSSR count). The van der Waals surface area contributed by atoms with Gasteiger partial charge in [0.2, 0.25) is 15.9 Å². The normalized spacial score (nSPS) is 21.1. The molecule has 0 spiro atoms. The molecule has 0 unspecified atom stereocenters. The molecule has 0 radical (unpaired) electrons. The molecule has 2 aromatic carbocycles. The number of anilines is 2. The van der Waals surface area contributed by atoms with Gasteiger partial charge in [-0.1, -0.05) is 6.92 Å². The number of sulfonamides is 1. The van der Waals surface area contributed by atoms with Gasteiger partial charge < -0.3 is 9.80 Å². The summed E-state index contributed by atoms with van der Waals surface area (Å²) in [4.78, 5) is 29.2. The lowest BCUT2D eigenvalue weighted by Crippen LogP contribution is -2.48. The monoisotopic (exact) mass is 471 g/mol. The van der Waals surface area contributed by atoms with Crippen molar-refractivity contribution in [3.63, 3.8) is 0 Å². The van der Waals surface area contributed by atoms with E-state index in [1.807, 2.05) is 18.2 Å². The minimum atomic E-state index is -3.70. The number of piperazine rings is 1. The highest BCUT2D eigenvalue weighted by molar-refractivity contribution is 8.00. The summed E-state index contributed by atoms with van der Waals surface area (Å²) in [5.41, 5.74) is 3.08. The standard InChI is InChI=1S/C23H25N3O4S2/c1-15-14-26-22(28)13-19-21(8-7-20(31-15)23(19)26)32(29,30)25-11-9-24(10-12-25)18-5-3-17(4-6-18)16(2)27/h3-8,15H,9-14H2,1-2H3/t15-/m1/s1. The van der Waals surface area contributed by atoms with Crippen LogP contribution in [-0.4, -0.2) is 62.4 Å². The van der Waals surface area contributed by atoms with Crippen molar-refractivity contribution in [1.29, 1.82) is 0 Å². The second kappa shape index (κ2) is 7.90. The third-order valence-corrected chi connectivity index (χ3v) is 9.48. The molecule has 1 atom stereocenters. The van der Waals surface area contributed by atoms with Crippen LogP contribution in [0.2, 0.25) is 0 Å². The molecule has 1 saturated heterocycles. The van der Waals surface area contributed by atoms with E-state index in [2.05, 4.69) is 11.8 Å². The average molecular weight is 472 g/mol. The second-order valence-corrected chi connectivity index (χ2v) is 11.9. The van der Waals surface area contributed by atoms with Gasteiger partial charge in [0, 0.05) is 59.7 Å². The molecule has 1 amide bonds. The Balaban J connectivity index is 1.37. The van der Waals surface area contributed by atoms with Crippen molar-refractivity contribution < 1.29 is 18.0 Å². The van der Waals surface area contributed by atoms with Crippen LogP contribution in [0.4, 0.5) is 11.4 Å². The lowest BCUT2D eigenvalue weighted by atomic mass is 10.1. The molecule has 1 fully saturated rings. The molecule has 168 valence electrons. The number of thioether (sulfide) groups is 1. The molecule has 0 saturated carbocycles. The summed E-state index contributed by atoms with van der Waals surface area (Å²) >= 11 is 1.70. The van der Waals surface area contributed by atoms with E-state index in [0.29, 0.717) is 43.9 Å². The molecule has 9 heteroatoms. The first kappa shape index (κ1) is 21.5. The van der Waals surface area contributed by atoms with Gasteiger partial charge in [0.1, 0.15) is 0 Å². The van der Waals surface area contributed by atoms with Crippen LogP contribution in [0.5, 0.6) is 0 Å². The Morgan fingerprint density at radius 2 is 1.72 bits per heavy atom. The van der Waals surface area contributed by atoms with Crippen LogP contribution in [0.25, 0.3) is 0 Å². The molecular weight excluding hydrogens is 446 g/mol. The van der Waals surface area contributed by atoms with Gasteiger partial charge in [-0.05, 0) is 43.3 Å². The van der Waals surface area contributed by atoms with Crippen molar-refractivity contribution in [2.24, 2.45) is 0 Å². The van der Waals surface area contributed by atoms with E-state index in [9.17, 15) is 18.0 Å². The van der Waals surface area contributed by atoms with Crippen LogP contribution >= 0.6 is 11.8 Å². The summed E-state index contributed by atoms with van der Waals surface area (Å²) < 4.78 is 28.6. The maximum Gasteiger partial charge on any atom is 0.243 e. The van der Waals surface area contributed by atoms with Crippen molar-refractivity contribution in [3.05, 3.63) is 47.5 Å². The Morgan fingerprint density at radius 3 is 2.38 bits per heavy atom. The Hall–Kier alpha value is -2.36. The predicted molar refractivity (Wildman–Crippen MR) is 125 cm³/mol. The van der Waals surface area contributed by atoms with Gasteiger partial charge in [-0.2, -0.15) is 4.31 Å². The van der Waals surface area contributed by atoms with Crippen molar-refractivity contribution in [1.82, 2.24) is 4.31 Å². The lowest BCUT2D eigenvalue weighted by molar-refractivity contribution is -0.117. The predicted octanol–water partition coefficient (Wildman–Crippen LogP) is 2.78. The van der Waals surface area contributed by atoms with Crippen molar-refractivity contribution >= 4 is 44.9 Å². The molecule has 2 aromatic rings. The Morgan fingerprint density at radius 1 is 1.03 bits per heavy atom. The fourth-order valence-electron chi connectivity index (χ4n) is 4.71. The summed E-state index contributed by atoms with van der Waals surface area (Å²) in [7, 11) is -3.70. The molecule has 0 bridgehead atoms. The van der Waals surface area contributed by atoms with Crippen LogP contribution in [0.1, 0.15) is 29.8 Å². The highest BCUT2D eigenvalue weighted by Gasteiger charge is 2.40. The molecule has 3 aliphatic rings. The molecule has 32 heavy (non-hydrogen) atoms. The number of ketones is 1. The summed E-state index contributed by atoms with van der Waals surface area (Å²) in [5.74, 6) is 0.00505. The summed E-state index contributed by atoms with van der Waals surface area (Å²) in [6.07, 6.45) is 0.146. The van der Waals surface area contributed by atoms with Crippen molar-refractivity contribution in [3.8, 4) is 0 Å². The van der Waals surface area contributed by atoms with Gasteiger partial charge >= 0.3 is 0 Å². The van der Waals surface area contributed by atoms with Crippen LogP contribution in [0.15, 0.2) is 46.2 Å². The maximum atomic E-state index is 13.5. The van der Waals surface area contributed by atoms with E-state index in [0.717, 1.165) is 16.3 Å². The number of Topliss-reactive ketones (excluding diaryl/α,β-unsaturated/α-hetero) is 1. The summed E-state index contributed by atoms with van der Waals surface area (Å²) in [5, 5.41) is 0.289. The van der Waals surface area contributed by atoms with E-state index in [-0.39, 0.29) is 28.3 Å². The number of carbonyl (C=O) groups is 2. The zero-order valence-electron chi connectivity index (χ0n) is 18.1. The number of carbonyl (C=O) groups excluding carboxylic acids is 2. The Labute approximate surface area is 192 Å². The third-order valence-electron chi connectivity index (χ3n) is 6.37. The molecule has 0 aromatic heterocycles. The van der Waals surface area contributed by atoms with E-state index in [1.165, 1.54) is 11.2 Å². The van der Waals surface area contributed by atoms with Gasteiger partial charge in [-0.15, -0.1) is 11.8 Å². The van der Waals surface area contributed by atoms with E-state index in [1.54, 1.807) is 34.9 Å². The fourth-order valence-corrected chi connectivity index (χ4v) is 7.50. The van der Waals surface area contributed by atoms with E-state index < -0.39 is 10.0 Å². The summed E-state index contributed by atoms with van der Waals surface area (Å²) in [6, 6.07) is 10.9. The smallest absolute Gasteiger partial charge is 0.243 e. The second-order valence-electron chi connectivity index (χ2n) is 8.49. The van der Waals surface area contributed by atoms with Gasteiger partial charge in [-0.3, -0.25) is 9.59 Å². The van der Waals surface area contributed by atoms with Gasteiger partial charge in [0.25, 0.3) is 0 Å². The third kappa shape index (κ3) is 3.52. The number of hydrogen-bond donors (Lipinski definition) is 0. The van der Waals surface area contributed by atoms with E-state index >= 15 is 0 Å². The number of rotatable bonds is 4. The quantitative estimate of drug-likeness (QED) is 0.638. The molecule has 3 aliphatic heterocycles. The van der Waals surface area contributed by atoms with Crippen molar-refractivity contribution in [2.45, 2.75) is 35.3 Å². The Kier molecular flexibility index (Phi) is 5.30. The molecular formula is C23H25N3O4S2. The van der Waals surface area contributed by atoms with Gasteiger partial charge in [0.15, 0.2) is 5.78 Å². The van der Waals surface area contributed by atoms with Crippen LogP contribution < -0.4 is 9.80 Å². The zero-order chi connectivity index (χ0) is 22.6. The van der Waals surface area contributed by atoms with Crippen LogP contribution in [0, 0.1) is 0 Å². The molecule has 3 heterocycles. The number of hydrogen-bond acceptors (Lipinski definition) is 6. The average Bonchev–Trinajstić information content (AvgIpc) is 3.10. The van der Waals surface area contributed by atoms with Gasteiger partial charge in [-0.25, -0.2) is 8.42 Å². The largest absolute Gasteiger partial charge is 0.369 e. The fraction of sp³-hybridized carbons (Fsp3) is 0.391. The number of nitrogens with zero attached hydrogens (tertiary/aromatic N) is 3. The molecule has 0 N–H and O–H groups in total. The van der Waals surface area contributed by atoms with Crippen molar-refractivity contribution in [2.75, 3.05) is 42.5 Å². The van der Waals surface area contributed by atoms with E-state index in [4.69, 9.17) is 0 Å². The first-order valence-corrected chi connectivity index (χ1v) is 13.1. The minimum Gasteiger partial charge on any atom is -0.369 e. The zero-order valence-corrected chi connectivity index (χ0v) is 19.7. The highest BCUT2D eigenvalue weighted by Crippen LogP contribution is 2.46. The maximum absolute atomic E-state index is 13.5. The summed E-state index contributed by atoms with van der Waals surface area (Å²) in [6.45, 7) is 6.11. The number of amides is 1. The highest BCUT2D eigenvalue weighted by atomic mass is 32.2. The lowest BCUT2D eigenvalue weighted by Gasteiger charge is -2.36. The van der Waals surface area contributed by atoms with Gasteiger partial charge in [0.05, 0.1) is 17.0 Å². The van der Waals surface area contributed by atoms with Crippen LogP contribution in [0.3, 0.4) is 0 Å². The molecule has 7 nitrogen and oxygen atoms in total. The number of benzene rings is 2.